The van der Waals surface area contributed by atoms with E-state index in [4.69, 9.17) is 4.74 Å². The number of hydrogen-bond donors (Lipinski definition) is 2. The third-order valence-corrected chi connectivity index (χ3v) is 3.98. The van der Waals surface area contributed by atoms with Crippen LogP contribution < -0.4 is 16.4 Å². The predicted octanol–water partition coefficient (Wildman–Crippen LogP) is 0.248. The van der Waals surface area contributed by atoms with Gasteiger partial charge in [0.25, 0.3) is 11.1 Å². The largest absolute Gasteiger partial charge is 0.376 e. The average Bonchev–Trinajstić information content (AvgIpc) is 2.49. The topological polar surface area (TPSA) is 93.2 Å². The van der Waals surface area contributed by atoms with Crippen molar-refractivity contribution in [1.29, 1.82) is 0 Å². The molecule has 1 heterocycles. The normalized spacial score (nSPS) is 21.5. The molecule has 0 bridgehead atoms. The summed E-state index contributed by atoms with van der Waals surface area (Å²) in [5.41, 5.74) is -0.830. The van der Waals surface area contributed by atoms with Crippen molar-refractivity contribution in [3.63, 3.8) is 0 Å². The fourth-order valence-corrected chi connectivity index (χ4v) is 2.71. The minimum atomic E-state index is -0.415. The maximum atomic E-state index is 11.7. The molecule has 2 N–H and O–H groups in total. The van der Waals surface area contributed by atoms with Crippen LogP contribution in [0.3, 0.4) is 0 Å². The van der Waals surface area contributed by atoms with E-state index in [9.17, 15) is 14.4 Å². The number of carbonyl (C=O) groups excluding carboxylic acids is 1. The number of amides is 1. The number of nitrogens with zero attached hydrogens (tertiary/aromatic N) is 1. The minimum absolute atomic E-state index is 0.200. The van der Waals surface area contributed by atoms with Crippen molar-refractivity contribution in [3.05, 3.63) is 32.8 Å². The Hall–Kier alpha value is -1.89. The Labute approximate surface area is 128 Å². The summed E-state index contributed by atoms with van der Waals surface area (Å²) in [6.45, 7) is 2.85. The smallest absolute Gasteiger partial charge is 0.265 e. The van der Waals surface area contributed by atoms with E-state index in [0.29, 0.717) is 19.1 Å². The molecule has 1 fully saturated rings. The number of rotatable bonds is 6. The second-order valence-corrected chi connectivity index (χ2v) is 5.75. The minimum Gasteiger partial charge on any atom is -0.376 e. The van der Waals surface area contributed by atoms with Gasteiger partial charge < -0.3 is 10.1 Å². The molecule has 1 aromatic heterocycles. The van der Waals surface area contributed by atoms with E-state index >= 15 is 0 Å². The van der Waals surface area contributed by atoms with Gasteiger partial charge in [-0.1, -0.05) is 19.8 Å². The van der Waals surface area contributed by atoms with Gasteiger partial charge in [0.2, 0.25) is 5.91 Å². The third-order valence-electron chi connectivity index (χ3n) is 3.98. The van der Waals surface area contributed by atoms with Crippen LogP contribution in [-0.2, 0) is 16.1 Å². The van der Waals surface area contributed by atoms with Crippen molar-refractivity contribution in [2.45, 2.75) is 45.3 Å². The quantitative estimate of drug-likeness (QED) is 0.737. The molecule has 1 aromatic rings. The SMILES string of the molecule is CC1CCCCC1OCCNC(=O)Cn1[nH]c(=O)ccc1=O. The zero-order chi connectivity index (χ0) is 15.9. The van der Waals surface area contributed by atoms with Crippen molar-refractivity contribution in [1.82, 2.24) is 15.1 Å². The molecule has 2 atom stereocenters. The van der Waals surface area contributed by atoms with Crippen LogP contribution in [0.15, 0.2) is 21.7 Å². The Bertz CT molecular complexity index is 607. The highest BCUT2D eigenvalue weighted by molar-refractivity contribution is 5.75. The van der Waals surface area contributed by atoms with E-state index in [0.717, 1.165) is 23.2 Å². The monoisotopic (exact) mass is 309 g/mol. The van der Waals surface area contributed by atoms with Gasteiger partial charge in [-0.15, -0.1) is 0 Å². The van der Waals surface area contributed by atoms with Gasteiger partial charge in [0.05, 0.1) is 12.7 Å². The zero-order valence-corrected chi connectivity index (χ0v) is 12.8. The van der Waals surface area contributed by atoms with Gasteiger partial charge in [-0.25, -0.2) is 4.68 Å². The van der Waals surface area contributed by atoms with Crippen LogP contribution in [0.2, 0.25) is 0 Å². The molecule has 1 amide bonds. The number of aromatic nitrogens is 2. The molecule has 0 saturated heterocycles. The number of carbonyl (C=O) groups is 1. The Morgan fingerprint density at radius 1 is 1.36 bits per heavy atom. The van der Waals surface area contributed by atoms with Gasteiger partial charge in [0.1, 0.15) is 6.54 Å². The molecule has 1 aliphatic rings. The van der Waals surface area contributed by atoms with Crippen LogP contribution in [-0.4, -0.2) is 34.9 Å². The lowest BCUT2D eigenvalue weighted by molar-refractivity contribution is -0.122. The van der Waals surface area contributed by atoms with Gasteiger partial charge in [-0.2, -0.15) is 0 Å². The molecule has 2 rings (SSSR count). The zero-order valence-electron chi connectivity index (χ0n) is 12.8. The van der Waals surface area contributed by atoms with E-state index in [2.05, 4.69) is 17.3 Å². The molecule has 0 aromatic carbocycles. The fraction of sp³-hybridized carbons (Fsp3) is 0.667. The van der Waals surface area contributed by atoms with Crippen LogP contribution in [0.4, 0.5) is 0 Å². The van der Waals surface area contributed by atoms with Gasteiger partial charge >= 0.3 is 0 Å². The molecule has 0 radical (unpaired) electrons. The standard InChI is InChI=1S/C15H23N3O4/c1-11-4-2-3-5-12(11)22-9-8-16-14(20)10-18-15(21)7-6-13(19)17-18/h6-7,11-12H,2-5,8-10H2,1H3,(H,16,20)(H,17,19). The number of hydrogen-bond acceptors (Lipinski definition) is 4. The lowest BCUT2D eigenvalue weighted by Crippen LogP contribution is -2.37. The average molecular weight is 309 g/mol. The van der Waals surface area contributed by atoms with E-state index in [-0.39, 0.29) is 18.6 Å². The lowest BCUT2D eigenvalue weighted by atomic mass is 9.88. The van der Waals surface area contributed by atoms with Crippen LogP contribution in [0.5, 0.6) is 0 Å². The second-order valence-electron chi connectivity index (χ2n) is 5.75. The van der Waals surface area contributed by atoms with Crippen LogP contribution in [0.1, 0.15) is 32.6 Å². The molecule has 1 saturated carbocycles. The summed E-state index contributed by atoms with van der Waals surface area (Å²) in [7, 11) is 0. The van der Waals surface area contributed by atoms with Crippen molar-refractivity contribution in [2.24, 2.45) is 5.92 Å². The van der Waals surface area contributed by atoms with Crippen molar-refractivity contribution in [3.8, 4) is 0 Å². The summed E-state index contributed by atoms with van der Waals surface area (Å²) >= 11 is 0. The third kappa shape index (κ3) is 4.84. The van der Waals surface area contributed by atoms with E-state index in [1.54, 1.807) is 0 Å². The highest BCUT2D eigenvalue weighted by atomic mass is 16.5. The molecule has 0 aliphatic heterocycles. The summed E-state index contributed by atoms with van der Waals surface area (Å²) in [5, 5.41) is 5.00. The highest BCUT2D eigenvalue weighted by Crippen LogP contribution is 2.25. The molecule has 2 unspecified atom stereocenters. The summed E-state index contributed by atoms with van der Waals surface area (Å²) in [5.74, 6) is 0.238. The Kier molecular flexibility index (Phi) is 5.94. The summed E-state index contributed by atoms with van der Waals surface area (Å²) in [6.07, 6.45) is 5.02. The molecule has 22 heavy (non-hydrogen) atoms. The van der Waals surface area contributed by atoms with E-state index in [1.807, 2.05) is 0 Å². The number of aromatic amines is 1. The first-order chi connectivity index (χ1) is 10.6. The van der Waals surface area contributed by atoms with Crippen molar-refractivity contribution in [2.75, 3.05) is 13.2 Å². The van der Waals surface area contributed by atoms with Crippen molar-refractivity contribution < 1.29 is 9.53 Å². The molecule has 122 valence electrons. The number of H-pyrrole nitrogens is 1. The fourth-order valence-electron chi connectivity index (χ4n) is 2.71. The maximum Gasteiger partial charge on any atom is 0.265 e. The molecule has 7 nitrogen and oxygen atoms in total. The highest BCUT2D eigenvalue weighted by Gasteiger charge is 2.21. The van der Waals surface area contributed by atoms with Crippen LogP contribution >= 0.6 is 0 Å². The molecule has 7 heteroatoms. The summed E-state index contributed by atoms with van der Waals surface area (Å²) in [4.78, 5) is 34.3. The summed E-state index contributed by atoms with van der Waals surface area (Å²) < 4.78 is 6.79. The Morgan fingerprint density at radius 2 is 2.14 bits per heavy atom. The van der Waals surface area contributed by atoms with Gasteiger partial charge in [0, 0.05) is 18.7 Å². The number of ether oxygens (including phenoxy) is 1. The maximum absolute atomic E-state index is 11.7. The Morgan fingerprint density at radius 3 is 2.91 bits per heavy atom. The molecular weight excluding hydrogens is 286 g/mol. The lowest BCUT2D eigenvalue weighted by Gasteiger charge is -2.28. The van der Waals surface area contributed by atoms with Gasteiger partial charge in [-0.05, 0) is 18.8 Å². The molecular formula is C15H23N3O4. The first-order valence-electron chi connectivity index (χ1n) is 7.75. The van der Waals surface area contributed by atoms with Crippen LogP contribution in [0, 0.1) is 5.92 Å². The first-order valence-corrected chi connectivity index (χ1v) is 7.75. The second kappa shape index (κ2) is 7.93. The van der Waals surface area contributed by atoms with Crippen molar-refractivity contribution >= 4 is 5.91 Å². The summed E-state index contributed by atoms with van der Waals surface area (Å²) in [6, 6.07) is 2.27. The first kappa shape index (κ1) is 16.5. The van der Waals surface area contributed by atoms with Crippen LogP contribution in [0.25, 0.3) is 0 Å². The van der Waals surface area contributed by atoms with Gasteiger partial charge in [0.15, 0.2) is 0 Å². The van der Waals surface area contributed by atoms with Gasteiger partial charge in [-0.3, -0.25) is 19.5 Å². The number of nitrogens with one attached hydrogen (secondary N) is 2. The molecule has 0 spiro atoms. The van der Waals surface area contributed by atoms with E-state index < -0.39 is 11.1 Å². The Balaban J connectivity index is 1.70. The van der Waals surface area contributed by atoms with E-state index in [1.165, 1.54) is 19.3 Å². The predicted molar refractivity (Wildman–Crippen MR) is 81.7 cm³/mol. The molecule has 1 aliphatic carbocycles.